The van der Waals surface area contributed by atoms with Crippen molar-refractivity contribution in [2.45, 2.75) is 0 Å². The second kappa shape index (κ2) is 21.4. The quantitative estimate of drug-likeness (QED) is 0.163. The molecular formula is Na6O18P6. The van der Waals surface area contributed by atoms with Crippen LogP contribution in [0, 0.1) is 0 Å². The van der Waals surface area contributed by atoms with Crippen LogP contribution < -0.4 is 207 Å². The van der Waals surface area contributed by atoms with Crippen molar-refractivity contribution in [3.8, 4) is 0 Å². The Kier molecular flexibility index (Phi) is 37.8. The van der Waals surface area contributed by atoms with Crippen LogP contribution in [-0.2, 0) is 53.5 Å². The number of rotatable bonds is 10. The van der Waals surface area contributed by atoms with Crippen LogP contribution in [0.4, 0.5) is 0 Å². The molecule has 30 heteroatoms. The summed E-state index contributed by atoms with van der Waals surface area (Å²) < 4.78 is 87.1. The Morgan fingerprint density at radius 3 is 0.933 bits per heavy atom. The molecule has 0 spiro atoms. The second-order valence-corrected chi connectivity index (χ2v) is 11.1. The van der Waals surface area contributed by atoms with Crippen LogP contribution in [0.25, 0.3) is 0 Å². The molecule has 4 atom stereocenters. The molecule has 0 saturated heterocycles. The van der Waals surface area contributed by atoms with Crippen LogP contribution in [0.5, 0.6) is 0 Å². The van der Waals surface area contributed by atoms with Crippen molar-refractivity contribution in [2.24, 2.45) is 0 Å². The fourth-order valence-electron chi connectivity index (χ4n) is 0.631. The minimum absolute atomic E-state index is 0. The van der Waals surface area contributed by atoms with Crippen molar-refractivity contribution >= 4 is 47.0 Å². The SMILES string of the molecule is O=P(=O)OP(=O)([O-])OP(=O)([O-])OP(=O)([O-])OP(=O)([O-])OP(=O)([O-])[O-].[Na+].[Na+].[Na+].[Na+].[Na+].[Na+]. The van der Waals surface area contributed by atoms with E-state index >= 15 is 0 Å². The summed E-state index contributed by atoms with van der Waals surface area (Å²) in [6, 6.07) is 0. The fraction of sp³-hybridized carbons (Fsp3) is 0. The zero-order valence-corrected chi connectivity index (χ0v) is 33.4. The van der Waals surface area contributed by atoms with Crippen molar-refractivity contribution in [3.05, 3.63) is 0 Å². The van der Waals surface area contributed by atoms with Crippen LogP contribution in [0.1, 0.15) is 0 Å². The summed E-state index contributed by atoms with van der Waals surface area (Å²) in [6.45, 7) is 0. The van der Waals surface area contributed by atoms with E-state index in [4.69, 9.17) is 0 Å². The van der Waals surface area contributed by atoms with E-state index in [1.54, 1.807) is 0 Å². The smallest absolute Gasteiger partial charge is 0.790 e. The van der Waals surface area contributed by atoms with Crippen LogP contribution in [-0.4, -0.2) is 0 Å². The van der Waals surface area contributed by atoms with E-state index < -0.39 is 47.0 Å². The van der Waals surface area contributed by atoms with Gasteiger partial charge < -0.3 is 33.9 Å². The molecule has 0 rings (SSSR count). The maximum absolute atomic E-state index is 10.9. The Morgan fingerprint density at radius 1 is 0.467 bits per heavy atom. The van der Waals surface area contributed by atoms with Gasteiger partial charge in [0.1, 0.15) is 0 Å². The monoisotopic (exact) mass is 612 g/mol. The van der Waals surface area contributed by atoms with Gasteiger partial charge in [0, 0.05) is 0 Å². The molecule has 0 heterocycles. The molecule has 0 bridgehead atoms. The van der Waals surface area contributed by atoms with E-state index in [0.29, 0.717) is 0 Å². The molecule has 18 nitrogen and oxygen atoms in total. The molecule has 0 amide bonds. The van der Waals surface area contributed by atoms with Gasteiger partial charge in [0.25, 0.3) is 31.3 Å². The summed E-state index contributed by atoms with van der Waals surface area (Å²) in [5.41, 5.74) is 0. The molecule has 144 valence electrons. The minimum Gasteiger partial charge on any atom is -0.790 e. The Hall–Kier alpha value is 6.61. The molecule has 0 radical (unpaired) electrons. The van der Waals surface area contributed by atoms with Crippen LogP contribution in [0.3, 0.4) is 0 Å². The van der Waals surface area contributed by atoms with Gasteiger partial charge in [-0.2, -0.15) is 0 Å². The molecule has 4 unspecified atom stereocenters. The number of phosphoric acid groups is 5. The van der Waals surface area contributed by atoms with Gasteiger partial charge in [-0.25, -0.2) is 26.4 Å². The van der Waals surface area contributed by atoms with Gasteiger partial charge in [0.05, 0.1) is 7.82 Å². The summed E-state index contributed by atoms with van der Waals surface area (Å²) in [7, 11) is -36.6. The van der Waals surface area contributed by atoms with E-state index in [1.807, 2.05) is 0 Å². The summed E-state index contributed by atoms with van der Waals surface area (Å²) in [5.74, 6) is 0. The van der Waals surface area contributed by atoms with E-state index in [9.17, 15) is 61.3 Å². The molecule has 0 saturated carbocycles. The van der Waals surface area contributed by atoms with Crippen molar-refractivity contribution in [3.63, 3.8) is 0 Å². The fourth-order valence-corrected chi connectivity index (χ4v) is 6.75. The molecule has 0 aromatic rings. The van der Waals surface area contributed by atoms with Gasteiger partial charge >= 0.3 is 185 Å². The van der Waals surface area contributed by atoms with Crippen LogP contribution >= 0.6 is 47.0 Å². The van der Waals surface area contributed by atoms with Gasteiger partial charge in [0.15, 0.2) is 0 Å². The Balaban J connectivity index is -0.000000176. The zero-order valence-electron chi connectivity index (χ0n) is 16.0. The molecule has 0 aliphatic rings. The van der Waals surface area contributed by atoms with E-state index in [2.05, 4.69) is 21.6 Å². The van der Waals surface area contributed by atoms with Crippen molar-refractivity contribution in [1.82, 2.24) is 0 Å². The third-order valence-corrected chi connectivity index (χ3v) is 8.70. The summed E-state index contributed by atoms with van der Waals surface area (Å²) in [4.78, 5) is 63.1. The van der Waals surface area contributed by atoms with Gasteiger partial charge in [-0.15, -0.1) is 0 Å². The largest absolute Gasteiger partial charge is 1.00 e. The van der Waals surface area contributed by atoms with E-state index in [0.717, 1.165) is 0 Å². The molecule has 0 N–H and O–H groups in total. The molecule has 0 aromatic carbocycles. The second-order valence-electron chi connectivity index (χ2n) is 2.87. The maximum atomic E-state index is 10.9. The number of hydrogen-bond acceptors (Lipinski definition) is 18. The number of hydrogen-bond donors (Lipinski definition) is 0. The predicted octanol–water partition coefficient (Wildman–Crippen LogP) is -21.1. The molecule has 30 heavy (non-hydrogen) atoms. The average Bonchev–Trinajstić information content (AvgIpc) is 2.00. The topological polar surface area (TPSA) is 304 Å². The minimum atomic E-state index is -6.66. The average molecular weight is 612 g/mol. The molecule has 0 aliphatic heterocycles. The Labute approximate surface area is 301 Å². The van der Waals surface area contributed by atoms with Crippen molar-refractivity contribution < 1.29 is 260 Å². The van der Waals surface area contributed by atoms with E-state index in [1.165, 1.54) is 0 Å². The first-order chi connectivity index (χ1) is 10.2. The summed E-state index contributed by atoms with van der Waals surface area (Å²) >= 11 is 0. The molecule has 0 aliphatic carbocycles. The van der Waals surface area contributed by atoms with Gasteiger partial charge in [-0.3, -0.25) is 22.6 Å². The van der Waals surface area contributed by atoms with Crippen molar-refractivity contribution in [1.29, 1.82) is 0 Å². The molecule has 0 aromatic heterocycles. The maximum Gasteiger partial charge on any atom is 1.00 e. The van der Waals surface area contributed by atoms with Gasteiger partial charge in [-0.1, -0.05) is 0 Å². The third-order valence-electron chi connectivity index (χ3n) is 0.967. The Morgan fingerprint density at radius 2 is 0.700 bits per heavy atom. The first-order valence-electron chi connectivity index (χ1n) is 4.20. The standard InChI is InChI=1S/6Na.H6O18P6/c;;;;;;1-19(2)14-21(6,7)16-23(10,11)18-24(12,13)17-22(8,9)15-20(3,4)5/h;;;;;;(H,6,7)(H,8,9)(H,10,11)(H,12,13)(H2,3,4,5)/q6*+1;/p-6. The van der Waals surface area contributed by atoms with E-state index in [-0.39, 0.29) is 177 Å². The first-order valence-corrected chi connectivity index (χ1v) is 12.6. The molecular weight excluding hydrogens is 612 g/mol. The third kappa shape index (κ3) is 30.8. The van der Waals surface area contributed by atoms with Gasteiger partial charge in [0.2, 0.25) is 0 Å². The Bertz CT molecular complexity index is 770. The first kappa shape index (κ1) is 53.0. The zero-order chi connectivity index (χ0) is 19.6. The van der Waals surface area contributed by atoms with Crippen molar-refractivity contribution in [2.75, 3.05) is 0 Å². The summed E-state index contributed by atoms with van der Waals surface area (Å²) in [5, 5.41) is 0. The normalized spacial score (nSPS) is 18.1. The van der Waals surface area contributed by atoms with Gasteiger partial charge in [-0.05, 0) is 0 Å². The summed E-state index contributed by atoms with van der Waals surface area (Å²) in [6.07, 6.45) is 0. The molecule has 0 fully saturated rings. The predicted molar refractivity (Wildman–Crippen MR) is 51.8 cm³/mol. The van der Waals surface area contributed by atoms with Crippen LogP contribution in [0.2, 0.25) is 0 Å². The van der Waals surface area contributed by atoms with Crippen LogP contribution in [0.15, 0.2) is 0 Å².